The Morgan fingerprint density at radius 3 is 1.45 bits per heavy atom. The Labute approximate surface area is 129 Å². The zero-order valence-electron chi connectivity index (χ0n) is 13.2. The summed E-state index contributed by atoms with van der Waals surface area (Å²) in [6, 6.07) is 10.7. The minimum Gasteiger partial charge on any atom is -0.372 e. The molecule has 1 rings (SSSR count). The maximum atomic E-state index is 2.44. The van der Waals surface area contributed by atoms with Crippen LogP contribution in [-0.2, 0) is 0 Å². The second-order valence-electron chi connectivity index (χ2n) is 6.32. The van der Waals surface area contributed by atoms with Crippen molar-refractivity contribution in [3.8, 4) is 0 Å². The summed E-state index contributed by atoms with van der Waals surface area (Å²) < 4.78 is 0. The molecule has 1 nitrogen and oxygen atoms in total. The summed E-state index contributed by atoms with van der Waals surface area (Å²) in [4.78, 5) is 2.44. The molecule has 0 bridgehead atoms. The number of benzene rings is 1. The zero-order chi connectivity index (χ0) is 14.0. The van der Waals surface area contributed by atoms with Crippen LogP contribution in [0.1, 0.15) is 69.2 Å². The normalized spacial score (nSPS) is 9.50. The lowest BCUT2D eigenvalue weighted by Gasteiger charge is -2.23. The lowest BCUT2D eigenvalue weighted by molar-refractivity contribution is 0.469. The van der Waals surface area contributed by atoms with Crippen LogP contribution in [0.4, 0.5) is 5.69 Å². The fraction of sp³-hybridized carbons (Fsp3) is 0.684. The van der Waals surface area contributed by atoms with Crippen LogP contribution in [-0.4, -0.2) is 13.1 Å². The van der Waals surface area contributed by atoms with Gasteiger partial charge in [-0.2, -0.15) is 0 Å². The average molecular weight is 282 g/mol. The van der Waals surface area contributed by atoms with Crippen molar-refractivity contribution >= 4 is 5.69 Å². The summed E-state index contributed by atoms with van der Waals surface area (Å²) in [7, 11) is 0. The highest BCUT2D eigenvalue weighted by Gasteiger charge is 2.01. The maximum Gasteiger partial charge on any atom is 0.0366 e. The van der Waals surface area contributed by atoms with E-state index >= 15 is 0 Å². The number of hydrogen-bond donors (Lipinski definition) is 0. The highest BCUT2D eigenvalue weighted by atomic mass is 15.1. The summed E-state index contributed by atoms with van der Waals surface area (Å²) in [5.74, 6) is 0. The van der Waals surface area contributed by atoms with Crippen molar-refractivity contribution in [1.82, 2.24) is 0 Å². The molecule has 0 aromatic heterocycles. The van der Waals surface area contributed by atoms with Crippen LogP contribution in [0.3, 0.4) is 0 Å². The van der Waals surface area contributed by atoms with Gasteiger partial charge in [0.25, 0.3) is 0 Å². The van der Waals surface area contributed by atoms with Crippen molar-refractivity contribution in [1.29, 1.82) is 0 Å². The third-order valence-corrected chi connectivity index (χ3v) is 2.11. The topological polar surface area (TPSA) is 3.24 Å². The van der Waals surface area contributed by atoms with Crippen molar-refractivity contribution in [2.45, 2.75) is 69.2 Å². The fourth-order valence-corrected chi connectivity index (χ4v) is 1.55. The van der Waals surface area contributed by atoms with E-state index in [1.54, 1.807) is 0 Å². The SMILES string of the molecule is C.C.CC(C)(C)C.CCCN(CCC)c1ccccc1. The first-order valence-corrected chi connectivity index (χ1v) is 7.18. The summed E-state index contributed by atoms with van der Waals surface area (Å²) in [6.07, 6.45) is 2.43. The van der Waals surface area contributed by atoms with Gasteiger partial charge < -0.3 is 4.90 Å². The van der Waals surface area contributed by atoms with Gasteiger partial charge in [-0.1, -0.05) is 74.6 Å². The highest BCUT2D eigenvalue weighted by Crippen LogP contribution is 2.13. The lowest BCUT2D eigenvalue weighted by Crippen LogP contribution is -2.24. The number of anilines is 1. The van der Waals surface area contributed by atoms with Crippen molar-refractivity contribution < 1.29 is 0 Å². The lowest BCUT2D eigenvalue weighted by atomic mass is 10.0. The second kappa shape index (κ2) is 13.0. The van der Waals surface area contributed by atoms with E-state index in [0.29, 0.717) is 5.41 Å². The van der Waals surface area contributed by atoms with Gasteiger partial charge in [0.05, 0.1) is 0 Å². The molecule has 0 N–H and O–H groups in total. The van der Waals surface area contributed by atoms with E-state index in [9.17, 15) is 0 Å². The Hall–Kier alpha value is -0.980. The Bertz CT molecular complexity index is 272. The quantitative estimate of drug-likeness (QED) is 0.585. The Morgan fingerprint density at radius 1 is 0.800 bits per heavy atom. The first-order chi connectivity index (χ1) is 8.38. The van der Waals surface area contributed by atoms with Crippen molar-refractivity contribution in [3.63, 3.8) is 0 Å². The molecule has 1 aromatic carbocycles. The van der Waals surface area contributed by atoms with Gasteiger partial charge in [-0.3, -0.25) is 0 Å². The van der Waals surface area contributed by atoms with Gasteiger partial charge >= 0.3 is 0 Å². The molecule has 1 aromatic rings. The molecule has 0 spiro atoms. The second-order valence-corrected chi connectivity index (χ2v) is 6.32. The van der Waals surface area contributed by atoms with E-state index < -0.39 is 0 Å². The highest BCUT2D eigenvalue weighted by molar-refractivity contribution is 5.45. The van der Waals surface area contributed by atoms with Crippen LogP contribution in [0, 0.1) is 5.41 Å². The molecule has 0 amide bonds. The molecule has 0 saturated heterocycles. The van der Waals surface area contributed by atoms with Gasteiger partial charge in [-0.05, 0) is 30.4 Å². The molecule has 0 unspecified atom stereocenters. The number of para-hydroxylation sites is 1. The van der Waals surface area contributed by atoms with Crippen molar-refractivity contribution in [2.24, 2.45) is 5.41 Å². The van der Waals surface area contributed by atoms with E-state index in [-0.39, 0.29) is 14.9 Å². The van der Waals surface area contributed by atoms with Crippen LogP contribution in [0.25, 0.3) is 0 Å². The summed E-state index contributed by atoms with van der Waals surface area (Å²) in [5, 5.41) is 0. The molecule has 0 aliphatic rings. The van der Waals surface area contributed by atoms with E-state index in [1.165, 1.54) is 18.5 Å². The van der Waals surface area contributed by atoms with E-state index in [0.717, 1.165) is 13.1 Å². The predicted octanol–water partition coefficient (Wildman–Crippen LogP) is 6.64. The predicted molar refractivity (Wildman–Crippen MR) is 97.8 cm³/mol. The monoisotopic (exact) mass is 281 g/mol. The van der Waals surface area contributed by atoms with Gasteiger partial charge in [0.2, 0.25) is 0 Å². The Balaban J connectivity index is -0.000000361. The van der Waals surface area contributed by atoms with E-state index in [2.05, 4.69) is 76.8 Å². The Kier molecular flexibility index (Phi) is 15.7. The fourth-order valence-electron chi connectivity index (χ4n) is 1.55. The minimum atomic E-state index is 0. The van der Waals surface area contributed by atoms with Gasteiger partial charge in [0, 0.05) is 18.8 Å². The van der Waals surface area contributed by atoms with Crippen molar-refractivity contribution in [2.75, 3.05) is 18.0 Å². The molecule has 0 heterocycles. The molecular formula is C19H39N. The third kappa shape index (κ3) is 15.1. The van der Waals surface area contributed by atoms with Crippen LogP contribution < -0.4 is 4.90 Å². The molecule has 0 aliphatic heterocycles. The largest absolute Gasteiger partial charge is 0.372 e. The molecule has 0 atom stereocenters. The van der Waals surface area contributed by atoms with Crippen LogP contribution in [0.5, 0.6) is 0 Å². The summed E-state index contributed by atoms with van der Waals surface area (Å²) in [5.41, 5.74) is 1.85. The molecule has 1 heteroatoms. The number of hydrogen-bond acceptors (Lipinski definition) is 1. The van der Waals surface area contributed by atoms with E-state index in [4.69, 9.17) is 0 Å². The smallest absolute Gasteiger partial charge is 0.0366 e. The molecule has 0 radical (unpaired) electrons. The van der Waals surface area contributed by atoms with Gasteiger partial charge in [-0.15, -0.1) is 0 Å². The average Bonchev–Trinajstić information content (AvgIpc) is 2.28. The molecule has 120 valence electrons. The molecule has 0 saturated carbocycles. The van der Waals surface area contributed by atoms with Crippen LogP contribution >= 0.6 is 0 Å². The minimum absolute atomic E-state index is 0. The molecule has 20 heavy (non-hydrogen) atoms. The van der Waals surface area contributed by atoms with E-state index in [1.807, 2.05) is 0 Å². The molecule has 0 fully saturated rings. The first-order valence-electron chi connectivity index (χ1n) is 7.18. The van der Waals surface area contributed by atoms with Crippen LogP contribution in [0.2, 0.25) is 0 Å². The van der Waals surface area contributed by atoms with Gasteiger partial charge in [0.15, 0.2) is 0 Å². The molecule has 0 aliphatic carbocycles. The zero-order valence-corrected chi connectivity index (χ0v) is 13.2. The molecular weight excluding hydrogens is 242 g/mol. The Morgan fingerprint density at radius 2 is 1.15 bits per heavy atom. The standard InChI is InChI=1S/C12H19N.C5H12.2CH4/c1-3-10-13(11-4-2)12-8-6-5-7-9-12;1-5(2,3)4;;/h5-9H,3-4,10-11H2,1-2H3;1-4H3;2*1H4. The van der Waals surface area contributed by atoms with Gasteiger partial charge in [-0.25, -0.2) is 0 Å². The number of rotatable bonds is 5. The maximum absolute atomic E-state index is 2.44. The van der Waals surface area contributed by atoms with Crippen LogP contribution in [0.15, 0.2) is 30.3 Å². The van der Waals surface area contributed by atoms with Crippen molar-refractivity contribution in [3.05, 3.63) is 30.3 Å². The number of nitrogens with zero attached hydrogens (tertiary/aromatic N) is 1. The van der Waals surface area contributed by atoms with Gasteiger partial charge in [0.1, 0.15) is 0 Å². The summed E-state index contributed by atoms with van der Waals surface area (Å²) in [6.45, 7) is 15.5. The first kappa shape index (κ1) is 24.1. The third-order valence-electron chi connectivity index (χ3n) is 2.11. The summed E-state index contributed by atoms with van der Waals surface area (Å²) >= 11 is 0.